The Hall–Kier alpha value is -4.82. The maximum absolute atomic E-state index is 6.19. The van der Waals surface area contributed by atoms with Gasteiger partial charge in [0.25, 0.3) is 0 Å². The molecule has 0 bridgehead atoms. The van der Waals surface area contributed by atoms with E-state index in [9.17, 15) is 0 Å². The lowest BCUT2D eigenvalue weighted by atomic mass is 9.98. The summed E-state index contributed by atoms with van der Waals surface area (Å²) < 4.78 is 6.19. The zero-order valence-electron chi connectivity index (χ0n) is 19.6. The molecular weight excluding hydrogens is 438 g/mol. The second-order valence-corrected chi connectivity index (χ2v) is 9.09. The number of benzene rings is 6. The smallest absolute Gasteiger partial charge is 0.136 e. The topological polar surface area (TPSA) is 25.2 Å². The summed E-state index contributed by atoms with van der Waals surface area (Å²) in [6, 6.07) is 46.7. The van der Waals surface area contributed by atoms with Crippen LogP contribution < -0.4 is 5.32 Å². The molecule has 7 rings (SSSR count). The van der Waals surface area contributed by atoms with Crippen LogP contribution >= 0.6 is 0 Å². The van der Waals surface area contributed by atoms with Gasteiger partial charge in [0.1, 0.15) is 11.2 Å². The molecule has 7 aromatic rings. The molecule has 0 aliphatic carbocycles. The van der Waals surface area contributed by atoms with Crippen molar-refractivity contribution < 1.29 is 4.42 Å². The number of anilines is 2. The second-order valence-electron chi connectivity index (χ2n) is 9.09. The Kier molecular flexibility index (Phi) is 4.82. The largest absolute Gasteiger partial charge is 0.456 e. The first kappa shape index (κ1) is 20.5. The quantitative estimate of drug-likeness (QED) is 0.282. The summed E-state index contributed by atoms with van der Waals surface area (Å²) in [5.74, 6) is 0. The minimum atomic E-state index is 0.894. The summed E-state index contributed by atoms with van der Waals surface area (Å²) in [5.41, 5.74) is 8.71. The van der Waals surface area contributed by atoms with E-state index in [0.717, 1.165) is 33.3 Å². The van der Waals surface area contributed by atoms with Crippen LogP contribution in [0.4, 0.5) is 11.4 Å². The van der Waals surface area contributed by atoms with Crippen molar-refractivity contribution in [2.24, 2.45) is 0 Å². The van der Waals surface area contributed by atoms with Gasteiger partial charge in [-0.2, -0.15) is 0 Å². The highest BCUT2D eigenvalue weighted by molar-refractivity contribution is 6.13. The Balaban J connectivity index is 1.25. The zero-order valence-corrected chi connectivity index (χ0v) is 19.6. The van der Waals surface area contributed by atoms with Crippen molar-refractivity contribution in [1.82, 2.24) is 0 Å². The van der Waals surface area contributed by atoms with E-state index in [0.29, 0.717) is 0 Å². The third kappa shape index (κ3) is 3.52. The van der Waals surface area contributed by atoms with Crippen molar-refractivity contribution in [2.45, 2.75) is 0 Å². The van der Waals surface area contributed by atoms with Gasteiger partial charge in [0.2, 0.25) is 0 Å². The molecule has 0 atom stereocenters. The van der Waals surface area contributed by atoms with Crippen LogP contribution in [0.15, 0.2) is 138 Å². The van der Waals surface area contributed by atoms with Crippen LogP contribution in [0.5, 0.6) is 0 Å². The molecule has 0 amide bonds. The van der Waals surface area contributed by atoms with Crippen LogP contribution in [0.2, 0.25) is 0 Å². The molecule has 0 radical (unpaired) electrons. The standard InChI is InChI=1S/C34H23NO/c1-2-8-24(9-3-1)30-14-7-15-33-34(30)31-22-27(20-21-32(31)36-33)35-26-18-16-25(17-19-26)29-13-6-11-23-10-4-5-12-28(23)29/h1-22,35H. The first-order valence-electron chi connectivity index (χ1n) is 12.2. The van der Waals surface area contributed by atoms with E-state index >= 15 is 0 Å². The molecular formula is C34H23NO. The zero-order chi connectivity index (χ0) is 23.9. The molecule has 1 N–H and O–H groups in total. The average Bonchev–Trinajstić information content (AvgIpc) is 3.32. The van der Waals surface area contributed by atoms with Crippen molar-refractivity contribution in [3.8, 4) is 22.3 Å². The number of rotatable bonds is 4. The lowest BCUT2D eigenvalue weighted by molar-refractivity contribution is 0.669. The summed E-state index contributed by atoms with van der Waals surface area (Å²) in [6.07, 6.45) is 0. The number of nitrogens with one attached hydrogen (secondary N) is 1. The van der Waals surface area contributed by atoms with Gasteiger partial charge in [-0.15, -0.1) is 0 Å². The molecule has 0 saturated heterocycles. The highest BCUT2D eigenvalue weighted by atomic mass is 16.3. The molecule has 0 saturated carbocycles. The SMILES string of the molecule is c1ccc(-c2cccc3oc4ccc(Nc5ccc(-c6cccc7ccccc67)cc5)cc4c23)cc1. The molecule has 2 heteroatoms. The van der Waals surface area contributed by atoms with Gasteiger partial charge in [0, 0.05) is 22.1 Å². The predicted octanol–water partition coefficient (Wildman–Crippen LogP) is 9.82. The van der Waals surface area contributed by atoms with E-state index in [2.05, 4.69) is 127 Å². The highest BCUT2D eigenvalue weighted by Gasteiger charge is 2.13. The van der Waals surface area contributed by atoms with Crippen LogP contribution in [-0.2, 0) is 0 Å². The van der Waals surface area contributed by atoms with E-state index in [-0.39, 0.29) is 0 Å². The summed E-state index contributed by atoms with van der Waals surface area (Å²) >= 11 is 0. The monoisotopic (exact) mass is 461 g/mol. The van der Waals surface area contributed by atoms with Gasteiger partial charge in [-0.3, -0.25) is 0 Å². The van der Waals surface area contributed by atoms with Crippen LogP contribution in [0.1, 0.15) is 0 Å². The number of hydrogen-bond donors (Lipinski definition) is 1. The Bertz CT molecular complexity index is 1840. The fourth-order valence-electron chi connectivity index (χ4n) is 5.14. The summed E-state index contributed by atoms with van der Waals surface area (Å²) in [4.78, 5) is 0. The molecule has 1 aromatic heterocycles. The van der Waals surface area contributed by atoms with Crippen molar-refractivity contribution >= 4 is 44.1 Å². The highest BCUT2D eigenvalue weighted by Crippen LogP contribution is 2.38. The van der Waals surface area contributed by atoms with Gasteiger partial charge in [0.15, 0.2) is 0 Å². The van der Waals surface area contributed by atoms with Gasteiger partial charge >= 0.3 is 0 Å². The van der Waals surface area contributed by atoms with Crippen molar-refractivity contribution in [3.05, 3.63) is 133 Å². The fraction of sp³-hybridized carbons (Fsp3) is 0. The summed E-state index contributed by atoms with van der Waals surface area (Å²) in [5, 5.41) is 8.37. The first-order valence-corrected chi connectivity index (χ1v) is 12.2. The number of furan rings is 1. The Morgan fingerprint density at radius 1 is 0.444 bits per heavy atom. The molecule has 1 heterocycles. The molecule has 0 unspecified atom stereocenters. The Labute approximate surface area is 209 Å². The first-order chi connectivity index (χ1) is 17.8. The fourth-order valence-corrected chi connectivity index (χ4v) is 5.14. The maximum atomic E-state index is 6.19. The second kappa shape index (κ2) is 8.44. The molecule has 170 valence electrons. The minimum absolute atomic E-state index is 0.894. The molecule has 6 aromatic carbocycles. The van der Waals surface area contributed by atoms with Crippen LogP contribution in [0.25, 0.3) is 55.0 Å². The van der Waals surface area contributed by atoms with Gasteiger partial charge < -0.3 is 9.73 Å². The van der Waals surface area contributed by atoms with Gasteiger partial charge in [-0.05, 0) is 69.4 Å². The van der Waals surface area contributed by atoms with E-state index in [1.165, 1.54) is 33.0 Å². The third-order valence-electron chi connectivity index (χ3n) is 6.85. The predicted molar refractivity (Wildman–Crippen MR) is 152 cm³/mol. The van der Waals surface area contributed by atoms with Crippen LogP contribution in [0, 0.1) is 0 Å². The lowest BCUT2D eigenvalue weighted by Gasteiger charge is -2.10. The van der Waals surface area contributed by atoms with E-state index in [1.807, 2.05) is 12.1 Å². The summed E-state index contributed by atoms with van der Waals surface area (Å²) in [7, 11) is 0. The molecule has 0 aliphatic heterocycles. The minimum Gasteiger partial charge on any atom is -0.456 e. The van der Waals surface area contributed by atoms with Crippen LogP contribution in [-0.4, -0.2) is 0 Å². The van der Waals surface area contributed by atoms with Gasteiger partial charge in [-0.1, -0.05) is 97.1 Å². The van der Waals surface area contributed by atoms with Crippen LogP contribution in [0.3, 0.4) is 0 Å². The molecule has 0 fully saturated rings. The van der Waals surface area contributed by atoms with E-state index in [1.54, 1.807) is 0 Å². The number of fused-ring (bicyclic) bond motifs is 4. The average molecular weight is 462 g/mol. The Morgan fingerprint density at radius 2 is 1.14 bits per heavy atom. The van der Waals surface area contributed by atoms with Crippen molar-refractivity contribution in [1.29, 1.82) is 0 Å². The van der Waals surface area contributed by atoms with Gasteiger partial charge in [0.05, 0.1) is 0 Å². The maximum Gasteiger partial charge on any atom is 0.136 e. The van der Waals surface area contributed by atoms with Crippen molar-refractivity contribution in [3.63, 3.8) is 0 Å². The van der Waals surface area contributed by atoms with Crippen molar-refractivity contribution in [2.75, 3.05) is 5.32 Å². The normalized spacial score (nSPS) is 11.3. The lowest BCUT2D eigenvalue weighted by Crippen LogP contribution is -1.90. The summed E-state index contributed by atoms with van der Waals surface area (Å²) in [6.45, 7) is 0. The number of hydrogen-bond acceptors (Lipinski definition) is 2. The third-order valence-corrected chi connectivity index (χ3v) is 6.85. The Morgan fingerprint density at radius 3 is 2.03 bits per heavy atom. The molecule has 0 spiro atoms. The molecule has 36 heavy (non-hydrogen) atoms. The van der Waals surface area contributed by atoms with E-state index < -0.39 is 0 Å². The molecule has 2 nitrogen and oxygen atoms in total. The molecule has 0 aliphatic rings. The van der Waals surface area contributed by atoms with E-state index in [4.69, 9.17) is 4.42 Å². The van der Waals surface area contributed by atoms with Gasteiger partial charge in [-0.25, -0.2) is 0 Å².